The lowest BCUT2D eigenvalue weighted by Crippen LogP contribution is -2.59. The Morgan fingerprint density at radius 3 is 1.80 bits per heavy atom. The first-order valence-corrected chi connectivity index (χ1v) is 37.0. The Kier molecular flexibility index (Phi) is 34.1. The van der Waals surface area contributed by atoms with E-state index in [-0.39, 0.29) is 137 Å². The minimum absolute atomic E-state index is 0.0116. The number of nitrogens with zero attached hydrogens (tertiary/aromatic N) is 4. The number of nitrogens with one attached hydrogen (secondary N) is 7. The Bertz CT molecular complexity index is 3310. The zero-order valence-electron chi connectivity index (χ0n) is 62.3. The molecule has 1 saturated heterocycles. The lowest BCUT2D eigenvalue weighted by atomic mass is 9.91. The van der Waals surface area contributed by atoms with Gasteiger partial charge in [0.05, 0.1) is 99.3 Å². The average molecular weight is 1470 g/mol. The van der Waals surface area contributed by atoms with Crippen molar-refractivity contribution in [3.8, 4) is 0 Å². The number of nitrogens with two attached hydrogens (primary N) is 1. The number of carbonyl (C=O) groups excluding carboxylic acids is 11. The number of likely N-dealkylation sites (N-methyl/N-ethyl adjacent to an activating group) is 2. The molecule has 10 atom stereocenters. The number of hydrogen-bond donors (Lipinski definition) is 8. The molecule has 2 heterocycles. The highest BCUT2D eigenvalue weighted by atomic mass is 32.2. The number of methoxy groups -OCH3 is 2. The van der Waals surface area contributed by atoms with E-state index in [0.29, 0.717) is 43.4 Å². The molecule has 574 valence electrons. The van der Waals surface area contributed by atoms with Crippen LogP contribution in [0.25, 0.3) is 0 Å². The van der Waals surface area contributed by atoms with Crippen LogP contribution in [0.5, 0.6) is 0 Å². The van der Waals surface area contributed by atoms with Gasteiger partial charge < -0.3 is 71.1 Å². The van der Waals surface area contributed by atoms with Gasteiger partial charge in [-0.1, -0.05) is 105 Å². The Morgan fingerprint density at radius 1 is 0.660 bits per heavy atom. The predicted octanol–water partition coefficient (Wildman–Crippen LogP) is 2.02. The van der Waals surface area contributed by atoms with Crippen molar-refractivity contribution in [2.75, 3.05) is 94.6 Å². The third-order valence-corrected chi connectivity index (χ3v) is 20.2. The molecule has 0 unspecified atom stereocenters. The number of urea groups is 1. The number of hydrogen-bond acceptors (Lipinski definition) is 19. The van der Waals surface area contributed by atoms with Crippen LogP contribution >= 0.6 is 0 Å². The summed E-state index contributed by atoms with van der Waals surface area (Å²) in [6.07, 6.45) is 2.59. The quantitative estimate of drug-likeness (QED) is 0.0347. The number of carbonyl (C=O) groups is 11. The van der Waals surface area contributed by atoms with Crippen LogP contribution in [-0.4, -0.2) is 242 Å². The number of benzene rings is 2. The van der Waals surface area contributed by atoms with Crippen molar-refractivity contribution in [3.05, 3.63) is 77.9 Å². The van der Waals surface area contributed by atoms with Crippen molar-refractivity contribution in [3.63, 3.8) is 0 Å². The van der Waals surface area contributed by atoms with Crippen molar-refractivity contribution in [1.82, 2.24) is 56.2 Å². The summed E-state index contributed by atoms with van der Waals surface area (Å²) in [6, 6.07) is 7.30. The van der Waals surface area contributed by atoms with E-state index in [1.807, 2.05) is 60.5 Å². The van der Waals surface area contributed by atoms with Crippen molar-refractivity contribution in [2.45, 2.75) is 185 Å². The second kappa shape index (κ2) is 40.9. The standard InChI is InChI=1S/C72H112N12O18S/c1-44(2)60(77-56(85)30-36-100-38-40-102-41-39-101-37-35-84-57(86)28-29-58(84)87)68(92)75-52(22-18-33-74-71(73)95)66(90)79-72(31-32-72)50-24-26-51(27-25-50)103(96,97)80-67(91)53(42-49-20-16-15-17-21-49)76-65(89)48(9)64(99-14)54-23-19-34-83(54)59(88)43-55(98-13)62(46(5)6)82(12)70(94)61(45(3)4)78-69(93)63(47(7)8)81(10)11/h15-17,20-21,24-29,44-48,52-55,60-64H,18-19,22-23,30-43H2,1-14H3,(H,75,92)(H,76,89)(H,77,85)(H,78,93)(H,79,90)(H,80,91)(H3,73,74,95)/t48-,52+,53+,54+,55-,60+,61+,62+,63+,64-/m1/s1. The fourth-order valence-electron chi connectivity index (χ4n) is 13.2. The number of rotatable bonds is 45. The summed E-state index contributed by atoms with van der Waals surface area (Å²) in [5.74, 6) is -6.98. The first kappa shape index (κ1) is 85.7. The van der Waals surface area contributed by atoms with Gasteiger partial charge in [0.1, 0.15) is 24.2 Å². The van der Waals surface area contributed by atoms with Crippen LogP contribution < -0.4 is 42.4 Å². The molecule has 2 fully saturated rings. The second-order valence-electron chi connectivity index (χ2n) is 28.2. The maximum Gasteiger partial charge on any atom is 0.312 e. The highest BCUT2D eigenvalue weighted by Gasteiger charge is 2.48. The number of imide groups is 1. The van der Waals surface area contributed by atoms with E-state index in [2.05, 4.69) is 36.6 Å². The summed E-state index contributed by atoms with van der Waals surface area (Å²) in [5, 5.41) is 16.8. The highest BCUT2D eigenvalue weighted by Crippen LogP contribution is 2.46. The van der Waals surface area contributed by atoms with E-state index in [0.717, 1.165) is 4.90 Å². The highest BCUT2D eigenvalue weighted by molar-refractivity contribution is 7.90. The van der Waals surface area contributed by atoms with Crippen molar-refractivity contribution < 1.29 is 84.8 Å². The zero-order chi connectivity index (χ0) is 76.5. The van der Waals surface area contributed by atoms with Gasteiger partial charge in [-0.2, -0.15) is 0 Å². The number of amides is 12. The van der Waals surface area contributed by atoms with Crippen molar-refractivity contribution in [2.24, 2.45) is 35.3 Å². The van der Waals surface area contributed by atoms with Crippen LogP contribution in [0.4, 0.5) is 4.79 Å². The smallest absolute Gasteiger partial charge is 0.312 e. The monoisotopic (exact) mass is 1460 g/mol. The molecule has 2 aromatic rings. The number of sulfonamides is 1. The van der Waals surface area contributed by atoms with Gasteiger partial charge in [0.2, 0.25) is 41.4 Å². The summed E-state index contributed by atoms with van der Waals surface area (Å²) in [7, 11) is 3.58. The molecule has 0 aromatic heterocycles. The molecule has 2 aliphatic heterocycles. The number of primary amides is 1. The van der Waals surface area contributed by atoms with Crippen LogP contribution in [0.3, 0.4) is 0 Å². The first-order valence-electron chi connectivity index (χ1n) is 35.5. The SMILES string of the molecule is CO[C@H]([C@@H](C)C(=O)N[C@@H](Cc1ccccc1)C(=O)NS(=O)(=O)c1ccc(C2(NC(=O)[C@H](CCCNC(N)=O)NC(=O)[C@@H](NC(=O)CCOCCOCCOCCN3C(=O)C=CC3=O)C(C)C)CC2)cc1)[C@@H]1CCCN1C(=O)C[C@@H](OC)[C@H](C(C)C)N(C)C(=O)[C@@H](NC(=O)[C@H](C(C)C)N(C)C)C(C)C. The summed E-state index contributed by atoms with van der Waals surface area (Å²) in [5.41, 5.74) is 5.44. The van der Waals surface area contributed by atoms with Gasteiger partial charge in [0, 0.05) is 59.4 Å². The van der Waals surface area contributed by atoms with Gasteiger partial charge in [0.15, 0.2) is 0 Å². The Morgan fingerprint density at radius 2 is 1.25 bits per heavy atom. The van der Waals surface area contributed by atoms with Crippen LogP contribution in [0.2, 0.25) is 0 Å². The number of likely N-dealkylation sites (tertiary alicyclic amines) is 1. The average Bonchev–Trinajstić information content (AvgIpc) is 1.62. The summed E-state index contributed by atoms with van der Waals surface area (Å²) in [4.78, 5) is 153. The van der Waals surface area contributed by atoms with Crippen LogP contribution in [0.1, 0.15) is 125 Å². The normalized spacial score (nSPS) is 17.6. The maximum atomic E-state index is 14.6. The largest absolute Gasteiger partial charge is 0.379 e. The zero-order valence-corrected chi connectivity index (χ0v) is 63.1. The summed E-state index contributed by atoms with van der Waals surface area (Å²) in [6.45, 7) is 18.0. The minimum Gasteiger partial charge on any atom is -0.379 e. The lowest BCUT2D eigenvalue weighted by Gasteiger charge is -2.40. The molecule has 5 rings (SSSR count). The molecule has 31 heteroatoms. The van der Waals surface area contributed by atoms with Gasteiger partial charge in [-0.3, -0.25) is 57.7 Å². The third kappa shape index (κ3) is 25.4. The molecule has 2 aromatic carbocycles. The Labute approximate surface area is 606 Å². The molecule has 1 saturated carbocycles. The van der Waals surface area contributed by atoms with Gasteiger partial charge in [-0.25, -0.2) is 17.9 Å². The fraction of sp³-hybridized carbons (Fsp3) is 0.653. The maximum absolute atomic E-state index is 14.6. The topological polar surface area (TPSA) is 391 Å². The van der Waals surface area contributed by atoms with E-state index in [1.54, 1.807) is 68.0 Å². The molecule has 0 bridgehead atoms. The predicted molar refractivity (Wildman–Crippen MR) is 382 cm³/mol. The van der Waals surface area contributed by atoms with E-state index in [4.69, 9.17) is 29.4 Å². The van der Waals surface area contributed by atoms with E-state index >= 15 is 0 Å². The Balaban J connectivity index is 1.21. The van der Waals surface area contributed by atoms with Gasteiger partial charge in [-0.15, -0.1) is 0 Å². The fourth-order valence-corrected chi connectivity index (χ4v) is 14.2. The van der Waals surface area contributed by atoms with E-state index < -0.39 is 117 Å². The van der Waals surface area contributed by atoms with Gasteiger partial charge in [0.25, 0.3) is 27.7 Å². The molecule has 3 aliphatic rings. The summed E-state index contributed by atoms with van der Waals surface area (Å²) < 4.78 is 59.0. The van der Waals surface area contributed by atoms with Gasteiger partial charge >= 0.3 is 6.03 Å². The molecule has 0 spiro atoms. The van der Waals surface area contributed by atoms with Crippen LogP contribution in [0.15, 0.2) is 71.6 Å². The van der Waals surface area contributed by atoms with Crippen molar-refractivity contribution in [1.29, 1.82) is 0 Å². The Hall–Kier alpha value is -7.94. The molecule has 1 aliphatic carbocycles. The molecule has 12 amide bonds. The van der Waals surface area contributed by atoms with E-state index in [1.165, 1.54) is 50.6 Å². The van der Waals surface area contributed by atoms with Crippen LogP contribution in [-0.2, 0) is 93.6 Å². The summed E-state index contributed by atoms with van der Waals surface area (Å²) >= 11 is 0. The first-order chi connectivity index (χ1) is 48.7. The van der Waals surface area contributed by atoms with Crippen molar-refractivity contribution >= 4 is 75.1 Å². The molecular weight excluding hydrogens is 1350 g/mol. The molecule has 103 heavy (non-hydrogen) atoms. The van der Waals surface area contributed by atoms with Crippen LogP contribution in [0, 0.1) is 29.6 Å². The second-order valence-corrected chi connectivity index (χ2v) is 29.9. The lowest BCUT2D eigenvalue weighted by molar-refractivity contribution is -0.147. The number of ether oxygens (including phenoxy) is 5. The molecular formula is C72H112N12O18S. The molecule has 0 radical (unpaired) electrons. The molecule has 30 nitrogen and oxygen atoms in total. The third-order valence-electron chi connectivity index (χ3n) is 18.8. The van der Waals surface area contributed by atoms with E-state index in [9.17, 15) is 61.2 Å². The minimum atomic E-state index is -4.62. The molecule has 9 N–H and O–H groups in total. The van der Waals surface area contributed by atoms with Gasteiger partial charge in [-0.05, 0) is 99.6 Å².